The first kappa shape index (κ1) is 13.2. The van der Waals surface area contributed by atoms with Crippen molar-refractivity contribution in [2.24, 2.45) is 0 Å². The van der Waals surface area contributed by atoms with Gasteiger partial charge in [-0.25, -0.2) is 0 Å². The van der Waals surface area contributed by atoms with Crippen molar-refractivity contribution < 1.29 is 14.3 Å². The van der Waals surface area contributed by atoms with Crippen molar-refractivity contribution in [1.82, 2.24) is 0 Å². The predicted molar refractivity (Wildman–Crippen MR) is 72.9 cm³/mol. The Balaban J connectivity index is 2.33. The summed E-state index contributed by atoms with van der Waals surface area (Å²) in [6, 6.07) is 0. The molecule has 0 bridgehead atoms. The molecule has 5 nitrogen and oxygen atoms in total. The van der Waals surface area contributed by atoms with E-state index in [0.29, 0.717) is 16.3 Å². The van der Waals surface area contributed by atoms with Crippen LogP contribution in [-0.4, -0.2) is 39.2 Å². The standard InChI is InChI=1S/C12H18N2O3S/c1-7(15)11-9(13)10(17-3)12(18-11)14-5-4-8(6-14)16-2/h8H,4-6,13H2,1-3H3. The van der Waals surface area contributed by atoms with Gasteiger partial charge in [0.05, 0.1) is 23.8 Å². The molecule has 2 rings (SSSR count). The molecule has 1 aliphatic rings. The van der Waals surface area contributed by atoms with E-state index in [-0.39, 0.29) is 11.9 Å². The molecule has 1 saturated heterocycles. The number of nitrogen functional groups attached to an aromatic ring is 1. The number of nitrogens with two attached hydrogens (primary N) is 1. The van der Waals surface area contributed by atoms with Gasteiger partial charge in [0, 0.05) is 27.1 Å². The maximum atomic E-state index is 11.5. The van der Waals surface area contributed by atoms with Crippen LogP contribution in [0, 0.1) is 0 Å². The van der Waals surface area contributed by atoms with E-state index in [4.69, 9.17) is 15.2 Å². The minimum atomic E-state index is -0.0236. The Kier molecular flexibility index (Phi) is 3.77. The summed E-state index contributed by atoms with van der Waals surface area (Å²) in [5, 5.41) is 0.930. The number of hydrogen-bond acceptors (Lipinski definition) is 6. The smallest absolute Gasteiger partial charge is 0.177 e. The molecule has 100 valence electrons. The topological polar surface area (TPSA) is 64.8 Å². The number of hydrogen-bond donors (Lipinski definition) is 1. The van der Waals surface area contributed by atoms with Crippen molar-refractivity contribution >= 4 is 27.8 Å². The summed E-state index contributed by atoms with van der Waals surface area (Å²) in [5.74, 6) is 0.589. The lowest BCUT2D eigenvalue weighted by Gasteiger charge is -2.17. The number of carbonyl (C=O) groups is 1. The lowest BCUT2D eigenvalue weighted by atomic mass is 10.3. The summed E-state index contributed by atoms with van der Waals surface area (Å²) in [4.78, 5) is 14.3. The van der Waals surface area contributed by atoms with E-state index >= 15 is 0 Å². The zero-order valence-electron chi connectivity index (χ0n) is 10.9. The van der Waals surface area contributed by atoms with Gasteiger partial charge in [0.25, 0.3) is 0 Å². The Bertz CT molecular complexity index is 458. The van der Waals surface area contributed by atoms with Crippen molar-refractivity contribution in [3.05, 3.63) is 4.88 Å². The fraction of sp³-hybridized carbons (Fsp3) is 0.583. The van der Waals surface area contributed by atoms with Gasteiger partial charge in [0.15, 0.2) is 11.5 Å². The SMILES string of the molecule is COc1c(N2CCC(OC)C2)sc(C(C)=O)c1N. The summed E-state index contributed by atoms with van der Waals surface area (Å²) in [7, 11) is 3.30. The number of anilines is 2. The van der Waals surface area contributed by atoms with Crippen LogP contribution in [0.1, 0.15) is 23.0 Å². The summed E-state index contributed by atoms with van der Waals surface area (Å²) >= 11 is 1.40. The molecule has 1 aliphatic heterocycles. The lowest BCUT2D eigenvalue weighted by Crippen LogP contribution is -2.21. The fourth-order valence-corrected chi connectivity index (χ4v) is 3.31. The Morgan fingerprint density at radius 3 is 2.72 bits per heavy atom. The highest BCUT2D eigenvalue weighted by atomic mass is 32.1. The average molecular weight is 270 g/mol. The van der Waals surface area contributed by atoms with Crippen molar-refractivity contribution in [2.75, 3.05) is 37.9 Å². The molecule has 0 saturated carbocycles. The highest BCUT2D eigenvalue weighted by molar-refractivity contribution is 7.19. The van der Waals surface area contributed by atoms with Crippen LogP contribution in [0.15, 0.2) is 0 Å². The highest BCUT2D eigenvalue weighted by Gasteiger charge is 2.29. The van der Waals surface area contributed by atoms with Crippen LogP contribution in [0.2, 0.25) is 0 Å². The molecule has 2 N–H and O–H groups in total. The van der Waals surface area contributed by atoms with E-state index in [1.807, 2.05) is 0 Å². The summed E-state index contributed by atoms with van der Waals surface area (Å²) in [6.45, 7) is 3.23. The molecule has 1 fully saturated rings. The number of ketones is 1. The van der Waals surface area contributed by atoms with Crippen LogP contribution in [-0.2, 0) is 4.74 Å². The number of nitrogens with zero attached hydrogens (tertiary/aromatic N) is 1. The molecular formula is C12H18N2O3S. The van der Waals surface area contributed by atoms with Crippen LogP contribution in [0.25, 0.3) is 0 Å². The zero-order chi connectivity index (χ0) is 13.3. The second kappa shape index (κ2) is 5.16. The minimum Gasteiger partial charge on any atom is -0.492 e. The molecule has 0 spiro atoms. The predicted octanol–water partition coefficient (Wildman–Crippen LogP) is 1.77. The van der Waals surface area contributed by atoms with Crippen molar-refractivity contribution in [3.63, 3.8) is 0 Å². The average Bonchev–Trinajstić information content (AvgIpc) is 2.92. The van der Waals surface area contributed by atoms with Gasteiger partial charge in [-0.05, 0) is 6.42 Å². The Morgan fingerprint density at radius 1 is 1.50 bits per heavy atom. The van der Waals surface area contributed by atoms with Crippen LogP contribution >= 0.6 is 11.3 Å². The normalized spacial score (nSPS) is 19.3. The largest absolute Gasteiger partial charge is 0.492 e. The molecule has 2 heterocycles. The molecule has 1 atom stereocenters. The first-order valence-electron chi connectivity index (χ1n) is 5.83. The minimum absolute atomic E-state index is 0.0236. The van der Waals surface area contributed by atoms with Crippen molar-refractivity contribution in [3.8, 4) is 5.75 Å². The fourth-order valence-electron chi connectivity index (χ4n) is 2.19. The van der Waals surface area contributed by atoms with Crippen LogP contribution in [0.4, 0.5) is 10.7 Å². The van der Waals surface area contributed by atoms with E-state index in [9.17, 15) is 4.79 Å². The molecule has 0 radical (unpaired) electrons. The monoisotopic (exact) mass is 270 g/mol. The van der Waals surface area contributed by atoms with Gasteiger partial charge in [-0.2, -0.15) is 0 Å². The second-order valence-electron chi connectivity index (χ2n) is 4.33. The van der Waals surface area contributed by atoms with Gasteiger partial charge in [-0.1, -0.05) is 0 Å². The highest BCUT2D eigenvalue weighted by Crippen LogP contribution is 2.45. The Morgan fingerprint density at radius 2 is 2.22 bits per heavy atom. The van der Waals surface area contributed by atoms with Crippen LogP contribution < -0.4 is 15.4 Å². The van der Waals surface area contributed by atoms with E-state index in [2.05, 4.69) is 4.90 Å². The van der Waals surface area contributed by atoms with Gasteiger partial charge < -0.3 is 20.1 Å². The van der Waals surface area contributed by atoms with Crippen molar-refractivity contribution in [1.29, 1.82) is 0 Å². The molecule has 6 heteroatoms. The van der Waals surface area contributed by atoms with Crippen LogP contribution in [0.5, 0.6) is 5.75 Å². The van der Waals surface area contributed by atoms with E-state index in [0.717, 1.165) is 24.5 Å². The van der Waals surface area contributed by atoms with E-state index < -0.39 is 0 Å². The quantitative estimate of drug-likeness (QED) is 0.845. The number of ether oxygens (including phenoxy) is 2. The number of carbonyl (C=O) groups excluding carboxylic acids is 1. The molecule has 18 heavy (non-hydrogen) atoms. The van der Waals surface area contributed by atoms with Crippen LogP contribution in [0.3, 0.4) is 0 Å². The number of rotatable bonds is 4. The molecule has 0 aromatic carbocycles. The number of methoxy groups -OCH3 is 2. The Labute approximate surface area is 110 Å². The molecule has 0 aliphatic carbocycles. The summed E-state index contributed by atoms with van der Waals surface area (Å²) in [6.07, 6.45) is 1.21. The van der Waals surface area contributed by atoms with Gasteiger partial charge in [-0.3, -0.25) is 4.79 Å². The lowest BCUT2D eigenvalue weighted by molar-refractivity contribution is 0.102. The maximum absolute atomic E-state index is 11.5. The number of thiophene rings is 1. The molecule has 1 aromatic heterocycles. The molecular weight excluding hydrogens is 252 g/mol. The van der Waals surface area contributed by atoms with Gasteiger partial charge in [0.2, 0.25) is 0 Å². The number of Topliss-reactive ketones (excluding diaryl/α,β-unsaturated/α-hetero) is 1. The summed E-state index contributed by atoms with van der Waals surface area (Å²) in [5.41, 5.74) is 6.41. The zero-order valence-corrected chi connectivity index (χ0v) is 11.7. The third kappa shape index (κ3) is 2.18. The summed E-state index contributed by atoms with van der Waals surface area (Å²) < 4.78 is 10.7. The van der Waals surface area contributed by atoms with E-state index in [1.54, 1.807) is 14.2 Å². The molecule has 0 amide bonds. The maximum Gasteiger partial charge on any atom is 0.177 e. The molecule has 1 unspecified atom stereocenters. The first-order chi connectivity index (χ1) is 8.58. The Hall–Kier alpha value is -1.27. The van der Waals surface area contributed by atoms with Crippen molar-refractivity contribution in [2.45, 2.75) is 19.4 Å². The first-order valence-corrected chi connectivity index (χ1v) is 6.65. The third-order valence-electron chi connectivity index (χ3n) is 3.17. The van der Waals surface area contributed by atoms with E-state index in [1.165, 1.54) is 18.3 Å². The van der Waals surface area contributed by atoms with Gasteiger partial charge in [-0.15, -0.1) is 11.3 Å². The molecule has 1 aromatic rings. The second-order valence-corrected chi connectivity index (χ2v) is 5.33. The third-order valence-corrected chi connectivity index (χ3v) is 4.52. The van der Waals surface area contributed by atoms with Gasteiger partial charge in [0.1, 0.15) is 5.00 Å². The van der Waals surface area contributed by atoms with Gasteiger partial charge >= 0.3 is 0 Å².